The molecule has 5 aliphatic rings. The predicted molar refractivity (Wildman–Crippen MR) is 98.8 cm³/mol. The largest absolute Gasteiger partial charge is 0.460 e. The second kappa shape index (κ2) is 5.36. The van der Waals surface area contributed by atoms with Crippen LogP contribution in [-0.2, 0) is 9.53 Å². The maximum absolute atomic E-state index is 12.9. The first-order valence-electron chi connectivity index (χ1n) is 10.8. The Bertz CT molecular complexity index is 594. The molecule has 138 valence electrons. The molecule has 2 heteroatoms. The number of allylic oxidation sites excluding steroid dienone is 2. The molecule has 5 aliphatic carbocycles. The van der Waals surface area contributed by atoms with Crippen molar-refractivity contribution in [2.24, 2.45) is 46.8 Å². The van der Waals surface area contributed by atoms with Crippen molar-refractivity contribution in [3.8, 4) is 0 Å². The van der Waals surface area contributed by atoms with Crippen molar-refractivity contribution in [3.63, 3.8) is 0 Å². The van der Waals surface area contributed by atoms with Crippen molar-refractivity contribution in [2.75, 3.05) is 0 Å². The van der Waals surface area contributed by atoms with E-state index in [2.05, 4.69) is 12.2 Å². The smallest absolute Gasteiger partial charge is 0.309 e. The average molecular weight is 343 g/mol. The van der Waals surface area contributed by atoms with Crippen molar-refractivity contribution in [1.82, 2.24) is 0 Å². The summed E-state index contributed by atoms with van der Waals surface area (Å²) in [6.45, 7) is 6.01. The van der Waals surface area contributed by atoms with Crippen LogP contribution in [0.15, 0.2) is 12.2 Å². The molecule has 7 unspecified atom stereocenters. The first-order chi connectivity index (χ1) is 11.9. The third kappa shape index (κ3) is 2.18. The molecule has 0 aromatic carbocycles. The number of carbonyl (C=O) groups is 1. The highest BCUT2D eigenvalue weighted by molar-refractivity contribution is 5.74. The first kappa shape index (κ1) is 16.4. The van der Waals surface area contributed by atoms with E-state index in [9.17, 15) is 4.79 Å². The molecule has 5 rings (SSSR count). The minimum atomic E-state index is -0.353. The molecular weight excluding hydrogens is 308 g/mol. The minimum absolute atomic E-state index is 0.101. The van der Waals surface area contributed by atoms with Crippen LogP contribution in [0, 0.1) is 46.8 Å². The fourth-order valence-electron chi connectivity index (χ4n) is 8.28. The van der Waals surface area contributed by atoms with E-state index in [1.807, 2.05) is 20.8 Å². The second-order valence-corrected chi connectivity index (χ2v) is 10.7. The lowest BCUT2D eigenvalue weighted by Gasteiger charge is -2.53. The highest BCUT2D eigenvalue weighted by atomic mass is 16.6. The second-order valence-electron chi connectivity index (χ2n) is 10.7. The molecule has 4 saturated carbocycles. The Balaban J connectivity index is 1.45. The number of esters is 1. The maximum atomic E-state index is 12.9. The Hall–Kier alpha value is -0.790. The summed E-state index contributed by atoms with van der Waals surface area (Å²) in [5.41, 5.74) is 0.205. The zero-order valence-corrected chi connectivity index (χ0v) is 16.2. The van der Waals surface area contributed by atoms with E-state index in [1.54, 1.807) is 0 Å². The van der Waals surface area contributed by atoms with Crippen molar-refractivity contribution < 1.29 is 9.53 Å². The minimum Gasteiger partial charge on any atom is -0.460 e. The summed E-state index contributed by atoms with van der Waals surface area (Å²) in [5, 5.41) is 0. The van der Waals surface area contributed by atoms with Gasteiger partial charge in [-0.05, 0) is 93.8 Å². The van der Waals surface area contributed by atoms with Crippen LogP contribution in [0.4, 0.5) is 0 Å². The zero-order valence-electron chi connectivity index (χ0n) is 16.2. The zero-order chi connectivity index (χ0) is 17.4. The van der Waals surface area contributed by atoms with Crippen LogP contribution in [0.2, 0.25) is 0 Å². The van der Waals surface area contributed by atoms with Gasteiger partial charge in [-0.1, -0.05) is 31.4 Å². The highest BCUT2D eigenvalue weighted by Crippen LogP contribution is 2.77. The van der Waals surface area contributed by atoms with Gasteiger partial charge in [0.25, 0.3) is 0 Å². The van der Waals surface area contributed by atoms with Gasteiger partial charge in [-0.3, -0.25) is 4.79 Å². The van der Waals surface area contributed by atoms with E-state index in [1.165, 1.54) is 44.9 Å². The molecule has 0 spiro atoms. The number of fused-ring (bicyclic) bond motifs is 9. The van der Waals surface area contributed by atoms with Gasteiger partial charge in [0, 0.05) is 0 Å². The Kier molecular flexibility index (Phi) is 3.51. The fourth-order valence-corrected chi connectivity index (χ4v) is 8.28. The lowest BCUT2D eigenvalue weighted by molar-refractivity contribution is -0.165. The molecule has 4 bridgehead atoms. The van der Waals surface area contributed by atoms with E-state index < -0.39 is 0 Å². The van der Waals surface area contributed by atoms with Gasteiger partial charge in [0.1, 0.15) is 5.60 Å². The van der Waals surface area contributed by atoms with E-state index in [-0.39, 0.29) is 17.5 Å². The van der Waals surface area contributed by atoms with Gasteiger partial charge >= 0.3 is 5.97 Å². The quantitative estimate of drug-likeness (QED) is 0.383. The van der Waals surface area contributed by atoms with Crippen LogP contribution in [-0.4, -0.2) is 11.6 Å². The molecule has 0 aromatic rings. The summed E-state index contributed by atoms with van der Waals surface area (Å²) >= 11 is 0. The van der Waals surface area contributed by atoms with Gasteiger partial charge in [-0.25, -0.2) is 0 Å². The Labute approximate surface area is 152 Å². The van der Waals surface area contributed by atoms with Crippen molar-refractivity contribution in [2.45, 2.75) is 77.7 Å². The summed E-state index contributed by atoms with van der Waals surface area (Å²) in [5.74, 6) is 4.95. The standard InChI is InChI=1S/C23H34O2/c1-22(2,3)25-21(24)19-13-17-12-18(19)20-14-9-10-16(11-14)23(17,20)15-7-5-4-6-8-15/h9-10,14-20H,4-8,11-13H2,1-3H3. The van der Waals surface area contributed by atoms with Crippen LogP contribution in [0.25, 0.3) is 0 Å². The van der Waals surface area contributed by atoms with Gasteiger partial charge in [0.15, 0.2) is 0 Å². The molecule has 0 saturated heterocycles. The van der Waals surface area contributed by atoms with Gasteiger partial charge in [-0.15, -0.1) is 0 Å². The van der Waals surface area contributed by atoms with Gasteiger partial charge in [-0.2, -0.15) is 0 Å². The molecule has 0 radical (unpaired) electrons. The third-order valence-corrected chi connectivity index (χ3v) is 8.60. The predicted octanol–water partition coefficient (Wildman–Crippen LogP) is 5.37. The maximum Gasteiger partial charge on any atom is 0.309 e. The topological polar surface area (TPSA) is 26.3 Å². The molecule has 0 aromatic heterocycles. The molecule has 0 N–H and O–H groups in total. The van der Waals surface area contributed by atoms with E-state index >= 15 is 0 Å². The van der Waals surface area contributed by atoms with Crippen molar-refractivity contribution in [3.05, 3.63) is 12.2 Å². The lowest BCUT2D eigenvalue weighted by atomic mass is 9.51. The van der Waals surface area contributed by atoms with Crippen molar-refractivity contribution >= 4 is 5.97 Å². The average Bonchev–Trinajstić information content (AvgIpc) is 3.31. The van der Waals surface area contributed by atoms with Gasteiger partial charge in [0.2, 0.25) is 0 Å². The number of rotatable bonds is 2. The van der Waals surface area contributed by atoms with E-state index in [0.29, 0.717) is 11.3 Å². The molecule has 4 fully saturated rings. The summed E-state index contributed by atoms with van der Waals surface area (Å²) in [7, 11) is 0. The lowest BCUT2D eigenvalue weighted by Crippen LogP contribution is -2.49. The summed E-state index contributed by atoms with van der Waals surface area (Å²) in [4.78, 5) is 12.9. The number of hydrogen-bond acceptors (Lipinski definition) is 2. The Morgan fingerprint density at radius 1 is 1.00 bits per heavy atom. The van der Waals surface area contributed by atoms with Crippen LogP contribution in [0.1, 0.15) is 72.1 Å². The van der Waals surface area contributed by atoms with Crippen LogP contribution in [0.3, 0.4) is 0 Å². The van der Waals surface area contributed by atoms with E-state index in [0.717, 1.165) is 36.0 Å². The molecular formula is C23H34O2. The normalized spacial score (nSPS) is 48.1. The molecule has 7 atom stereocenters. The summed E-state index contributed by atoms with van der Waals surface area (Å²) in [6, 6.07) is 0. The highest BCUT2D eigenvalue weighted by Gasteiger charge is 2.72. The van der Waals surface area contributed by atoms with Crippen LogP contribution in [0.5, 0.6) is 0 Å². The van der Waals surface area contributed by atoms with Gasteiger partial charge in [0.05, 0.1) is 5.92 Å². The first-order valence-corrected chi connectivity index (χ1v) is 10.8. The number of ether oxygens (including phenoxy) is 1. The Morgan fingerprint density at radius 3 is 2.48 bits per heavy atom. The third-order valence-electron chi connectivity index (χ3n) is 8.60. The van der Waals surface area contributed by atoms with E-state index in [4.69, 9.17) is 4.74 Å². The SMILES string of the molecule is CC(C)(C)OC(=O)C1CC2CC1C1C3C=CC(C3)C21C1CCCCC1. The fraction of sp³-hybridized carbons (Fsp3) is 0.870. The molecule has 0 aliphatic heterocycles. The van der Waals surface area contributed by atoms with Crippen molar-refractivity contribution in [1.29, 1.82) is 0 Å². The molecule has 0 amide bonds. The molecule has 0 heterocycles. The molecule has 2 nitrogen and oxygen atoms in total. The Morgan fingerprint density at radius 2 is 1.76 bits per heavy atom. The summed E-state index contributed by atoms with van der Waals surface area (Å²) in [6.07, 6.45) is 16.1. The van der Waals surface area contributed by atoms with Gasteiger partial charge < -0.3 is 4.74 Å². The summed E-state index contributed by atoms with van der Waals surface area (Å²) < 4.78 is 5.82. The van der Waals surface area contributed by atoms with Crippen LogP contribution < -0.4 is 0 Å². The van der Waals surface area contributed by atoms with Crippen LogP contribution >= 0.6 is 0 Å². The number of hydrogen-bond donors (Lipinski definition) is 0. The monoisotopic (exact) mass is 342 g/mol. The number of carbonyl (C=O) groups excluding carboxylic acids is 1. The molecule has 25 heavy (non-hydrogen) atoms.